The molecule has 6 heteroatoms. The van der Waals surface area contributed by atoms with E-state index in [-0.39, 0.29) is 0 Å². The Labute approximate surface area is 115 Å². The van der Waals surface area contributed by atoms with Gasteiger partial charge in [0.25, 0.3) is 0 Å². The molecule has 0 bridgehead atoms. The van der Waals surface area contributed by atoms with E-state index in [1.807, 2.05) is 0 Å². The maximum Gasteiger partial charge on any atom is 0.224 e. The molecule has 0 aliphatic heterocycles. The van der Waals surface area contributed by atoms with Crippen molar-refractivity contribution in [1.29, 1.82) is 0 Å². The van der Waals surface area contributed by atoms with Crippen molar-refractivity contribution in [2.75, 3.05) is 34.4 Å². The standard InChI is InChI=1S/C13H24N4O2/c1-10(2)17(3)7-6-14-8-11-12(18-4)15-9-16-13(11)19-5/h9-10,14H,6-8H2,1-5H3. The van der Waals surface area contributed by atoms with Crippen molar-refractivity contribution in [1.82, 2.24) is 20.2 Å². The first kappa shape index (κ1) is 15.7. The fourth-order valence-corrected chi connectivity index (χ4v) is 1.61. The molecule has 1 rings (SSSR count). The number of nitrogens with zero attached hydrogens (tertiary/aromatic N) is 3. The summed E-state index contributed by atoms with van der Waals surface area (Å²) in [6.07, 6.45) is 1.44. The molecular formula is C13H24N4O2. The van der Waals surface area contributed by atoms with Gasteiger partial charge in [0.1, 0.15) is 6.33 Å². The quantitative estimate of drug-likeness (QED) is 0.708. The van der Waals surface area contributed by atoms with E-state index in [0.29, 0.717) is 24.3 Å². The van der Waals surface area contributed by atoms with E-state index in [2.05, 4.69) is 41.1 Å². The first-order chi connectivity index (χ1) is 9.10. The van der Waals surface area contributed by atoms with Gasteiger partial charge >= 0.3 is 0 Å². The van der Waals surface area contributed by atoms with Gasteiger partial charge in [-0.1, -0.05) is 0 Å². The van der Waals surface area contributed by atoms with Crippen molar-refractivity contribution in [3.8, 4) is 11.8 Å². The Balaban J connectivity index is 2.53. The fraction of sp³-hybridized carbons (Fsp3) is 0.692. The molecule has 0 atom stereocenters. The third-order valence-electron chi connectivity index (χ3n) is 3.08. The Morgan fingerprint density at radius 3 is 2.26 bits per heavy atom. The topological polar surface area (TPSA) is 59.5 Å². The second-order valence-corrected chi connectivity index (χ2v) is 4.62. The molecule has 0 unspecified atom stereocenters. The summed E-state index contributed by atoms with van der Waals surface area (Å²) in [5, 5.41) is 3.36. The van der Waals surface area contributed by atoms with Crippen molar-refractivity contribution < 1.29 is 9.47 Å². The smallest absolute Gasteiger partial charge is 0.224 e. The lowest BCUT2D eigenvalue weighted by molar-refractivity contribution is 0.272. The van der Waals surface area contributed by atoms with Gasteiger partial charge in [0.2, 0.25) is 11.8 Å². The summed E-state index contributed by atoms with van der Waals surface area (Å²) < 4.78 is 10.4. The summed E-state index contributed by atoms with van der Waals surface area (Å²) >= 11 is 0. The van der Waals surface area contributed by atoms with Crippen molar-refractivity contribution >= 4 is 0 Å². The molecule has 0 spiro atoms. The molecule has 0 amide bonds. The molecule has 0 aliphatic rings. The molecule has 0 radical (unpaired) electrons. The molecule has 1 aromatic rings. The zero-order valence-electron chi connectivity index (χ0n) is 12.4. The van der Waals surface area contributed by atoms with Crippen LogP contribution in [0.1, 0.15) is 19.4 Å². The van der Waals surface area contributed by atoms with E-state index in [0.717, 1.165) is 18.7 Å². The number of ether oxygens (including phenoxy) is 2. The number of methoxy groups -OCH3 is 2. The van der Waals surface area contributed by atoms with Crippen LogP contribution < -0.4 is 14.8 Å². The third-order valence-corrected chi connectivity index (χ3v) is 3.08. The number of aromatic nitrogens is 2. The van der Waals surface area contributed by atoms with Gasteiger partial charge in [-0.2, -0.15) is 0 Å². The Hall–Kier alpha value is -1.40. The highest BCUT2D eigenvalue weighted by atomic mass is 16.5. The predicted octanol–water partition coefficient (Wildman–Crippen LogP) is 0.924. The minimum atomic E-state index is 0.547. The van der Waals surface area contributed by atoms with Crippen molar-refractivity contribution in [3.63, 3.8) is 0 Å². The SMILES string of the molecule is COc1ncnc(OC)c1CNCCN(C)C(C)C. The molecule has 0 aliphatic carbocycles. The van der Waals surface area contributed by atoms with Crippen LogP contribution in [0.3, 0.4) is 0 Å². The lowest BCUT2D eigenvalue weighted by Crippen LogP contribution is -2.33. The van der Waals surface area contributed by atoms with Crippen LogP contribution in [-0.2, 0) is 6.54 Å². The van der Waals surface area contributed by atoms with Crippen molar-refractivity contribution in [2.45, 2.75) is 26.4 Å². The molecule has 19 heavy (non-hydrogen) atoms. The number of nitrogens with one attached hydrogen (secondary N) is 1. The van der Waals surface area contributed by atoms with Crippen LogP contribution in [0.15, 0.2) is 6.33 Å². The summed E-state index contributed by atoms with van der Waals surface area (Å²) in [5.74, 6) is 1.10. The maximum absolute atomic E-state index is 5.22. The minimum absolute atomic E-state index is 0.547. The van der Waals surface area contributed by atoms with Gasteiger partial charge in [0.15, 0.2) is 0 Å². The first-order valence-corrected chi connectivity index (χ1v) is 6.43. The van der Waals surface area contributed by atoms with E-state index in [1.165, 1.54) is 6.33 Å². The molecule has 0 aromatic carbocycles. The molecule has 1 N–H and O–H groups in total. The van der Waals surface area contributed by atoms with Gasteiger partial charge in [-0.25, -0.2) is 9.97 Å². The lowest BCUT2D eigenvalue weighted by Gasteiger charge is -2.21. The van der Waals surface area contributed by atoms with E-state index < -0.39 is 0 Å². The molecule has 1 aromatic heterocycles. The molecule has 6 nitrogen and oxygen atoms in total. The van der Waals surface area contributed by atoms with Gasteiger partial charge < -0.3 is 19.7 Å². The van der Waals surface area contributed by atoms with Gasteiger partial charge in [-0.15, -0.1) is 0 Å². The van der Waals surface area contributed by atoms with Crippen LogP contribution in [0, 0.1) is 0 Å². The Bertz CT molecular complexity index is 363. The predicted molar refractivity (Wildman–Crippen MR) is 74.6 cm³/mol. The molecule has 0 fully saturated rings. The van der Waals surface area contributed by atoms with Crippen molar-refractivity contribution in [3.05, 3.63) is 11.9 Å². The van der Waals surface area contributed by atoms with E-state index in [4.69, 9.17) is 9.47 Å². The summed E-state index contributed by atoms with van der Waals surface area (Å²) in [4.78, 5) is 10.4. The average molecular weight is 268 g/mol. The van der Waals surface area contributed by atoms with Crippen molar-refractivity contribution in [2.24, 2.45) is 0 Å². The van der Waals surface area contributed by atoms with Crippen LogP contribution >= 0.6 is 0 Å². The van der Waals surface area contributed by atoms with E-state index in [9.17, 15) is 0 Å². The second-order valence-electron chi connectivity index (χ2n) is 4.62. The van der Waals surface area contributed by atoms with Crippen LogP contribution in [0.4, 0.5) is 0 Å². The highest BCUT2D eigenvalue weighted by Gasteiger charge is 2.12. The van der Waals surface area contributed by atoms with E-state index in [1.54, 1.807) is 14.2 Å². The second kappa shape index (κ2) is 7.91. The Kier molecular flexibility index (Phi) is 6.52. The molecular weight excluding hydrogens is 244 g/mol. The molecule has 1 heterocycles. The van der Waals surface area contributed by atoms with E-state index >= 15 is 0 Å². The molecule has 0 saturated carbocycles. The summed E-state index contributed by atoms with van der Waals surface area (Å²) in [5.41, 5.74) is 0.847. The number of hydrogen-bond acceptors (Lipinski definition) is 6. The van der Waals surface area contributed by atoms with Crippen LogP contribution in [-0.4, -0.2) is 55.3 Å². The summed E-state index contributed by atoms with van der Waals surface area (Å²) in [6, 6.07) is 0.547. The molecule has 0 saturated heterocycles. The Morgan fingerprint density at radius 1 is 1.21 bits per heavy atom. The number of likely N-dealkylation sites (N-methyl/N-ethyl adjacent to an activating group) is 1. The zero-order valence-corrected chi connectivity index (χ0v) is 12.4. The normalized spacial score (nSPS) is 11.1. The van der Waals surface area contributed by atoms with Crippen LogP contribution in [0.2, 0.25) is 0 Å². The highest BCUT2D eigenvalue weighted by Crippen LogP contribution is 2.22. The maximum atomic E-state index is 5.22. The van der Waals surface area contributed by atoms with Gasteiger partial charge in [-0.3, -0.25) is 0 Å². The summed E-state index contributed by atoms with van der Waals surface area (Å²) in [7, 11) is 5.30. The molecule has 108 valence electrons. The number of rotatable bonds is 8. The first-order valence-electron chi connectivity index (χ1n) is 6.43. The largest absolute Gasteiger partial charge is 0.481 e. The monoisotopic (exact) mass is 268 g/mol. The zero-order chi connectivity index (χ0) is 14.3. The van der Waals surface area contributed by atoms with Crippen LogP contribution in [0.5, 0.6) is 11.8 Å². The van der Waals surface area contributed by atoms with Gasteiger partial charge in [0, 0.05) is 25.7 Å². The lowest BCUT2D eigenvalue weighted by atomic mass is 10.3. The Morgan fingerprint density at radius 2 is 1.79 bits per heavy atom. The fourth-order valence-electron chi connectivity index (χ4n) is 1.61. The third kappa shape index (κ3) is 4.65. The minimum Gasteiger partial charge on any atom is -0.481 e. The van der Waals surface area contributed by atoms with Crippen LogP contribution in [0.25, 0.3) is 0 Å². The average Bonchev–Trinajstić information content (AvgIpc) is 2.42. The van der Waals surface area contributed by atoms with Gasteiger partial charge in [0.05, 0.1) is 19.8 Å². The van der Waals surface area contributed by atoms with Gasteiger partial charge in [-0.05, 0) is 20.9 Å². The highest BCUT2D eigenvalue weighted by molar-refractivity contribution is 5.34. The summed E-state index contributed by atoms with van der Waals surface area (Å²) in [6.45, 7) is 6.85. The number of hydrogen-bond donors (Lipinski definition) is 1.